The van der Waals surface area contributed by atoms with E-state index in [2.05, 4.69) is 21.3 Å². The van der Waals surface area contributed by atoms with Crippen LogP contribution in [-0.2, 0) is 61.9 Å². The molecule has 10 rings (SSSR count). The van der Waals surface area contributed by atoms with E-state index in [0.717, 1.165) is 27.2 Å². The normalized spacial score (nSPS) is 16.5. The predicted molar refractivity (Wildman–Crippen MR) is 392 cm³/mol. The number of aliphatic imine (C=N–C) groups is 2. The van der Waals surface area contributed by atoms with Gasteiger partial charge >= 0.3 is 0 Å². The van der Waals surface area contributed by atoms with Crippen molar-refractivity contribution < 1.29 is 99.9 Å². The highest BCUT2D eigenvalue weighted by Crippen LogP contribution is 2.43. The van der Waals surface area contributed by atoms with Crippen LogP contribution in [0.5, 0.6) is 34.5 Å². The number of amides is 7. The summed E-state index contributed by atoms with van der Waals surface area (Å²) in [5.74, 6) is 0.337. The van der Waals surface area contributed by atoms with Gasteiger partial charge in [0.25, 0.3) is 23.6 Å². The van der Waals surface area contributed by atoms with Crippen molar-refractivity contribution in [3.63, 3.8) is 0 Å². The molecule has 107 heavy (non-hydrogen) atoms. The summed E-state index contributed by atoms with van der Waals surface area (Å²) in [5, 5.41) is 19.2. The zero-order valence-electron chi connectivity index (χ0n) is 60.9. The second-order valence-corrected chi connectivity index (χ2v) is 25.5. The zero-order valence-corrected chi connectivity index (χ0v) is 60.9. The molecule has 0 fully saturated rings. The van der Waals surface area contributed by atoms with Gasteiger partial charge < -0.3 is 97.4 Å². The number of anilines is 1. The summed E-state index contributed by atoms with van der Waals surface area (Å²) in [7, 11) is 3.02. The molecule has 574 valence electrons. The number of methoxy groups -OCH3 is 2. The van der Waals surface area contributed by atoms with E-state index in [1.54, 1.807) is 79.4 Å². The maximum absolute atomic E-state index is 14.2. The minimum atomic E-state index is -0.944. The molecular weight excluding hydrogens is 1390 g/mol. The number of amidine groups is 1. The van der Waals surface area contributed by atoms with Crippen LogP contribution in [0, 0.1) is 11.3 Å². The molecule has 6 heterocycles. The van der Waals surface area contributed by atoms with E-state index in [9.17, 15) is 33.6 Å². The molecule has 6 aliphatic heterocycles. The number of carbonyl (C=O) groups excluding carboxylic acids is 7. The number of nitrogens with one attached hydrogen (secondary N) is 5. The van der Waals surface area contributed by atoms with Gasteiger partial charge in [0.05, 0.1) is 174 Å². The van der Waals surface area contributed by atoms with Gasteiger partial charge in [0.1, 0.15) is 12.1 Å². The number of carbonyl (C=O) groups is 7. The molecule has 0 saturated heterocycles. The van der Waals surface area contributed by atoms with Crippen LogP contribution in [0.25, 0.3) is 11.1 Å². The third-order valence-corrected chi connectivity index (χ3v) is 17.7. The number of ether oxygens (including phenoxy) is 14. The van der Waals surface area contributed by atoms with Crippen LogP contribution in [0.2, 0.25) is 0 Å². The Balaban J connectivity index is 0.539. The maximum atomic E-state index is 14.2. The summed E-state index contributed by atoms with van der Waals surface area (Å²) in [6.07, 6.45) is 11.4. The Labute approximate surface area is 620 Å². The predicted octanol–water partition coefficient (Wildman–Crippen LogP) is 6.21. The van der Waals surface area contributed by atoms with E-state index in [0.29, 0.717) is 181 Å². The fraction of sp³-hybridized carbons (Fsp3) is 0.474. The average Bonchev–Trinajstić information content (AvgIpc) is 1.66. The van der Waals surface area contributed by atoms with Crippen molar-refractivity contribution in [2.45, 2.75) is 77.0 Å². The largest absolute Gasteiger partial charge is 0.493 e. The molecule has 1 unspecified atom stereocenters. The molecule has 7 amide bonds. The first-order chi connectivity index (χ1) is 52.0. The fourth-order valence-electron chi connectivity index (χ4n) is 11.9. The molecule has 4 atom stereocenters. The van der Waals surface area contributed by atoms with E-state index in [1.165, 1.54) is 26.4 Å². The highest BCUT2D eigenvalue weighted by atomic mass is 16.7. The van der Waals surface area contributed by atoms with Crippen LogP contribution in [0.3, 0.4) is 0 Å². The zero-order chi connectivity index (χ0) is 75.4. The van der Waals surface area contributed by atoms with Crippen LogP contribution in [0.4, 0.5) is 17.1 Å². The lowest BCUT2D eigenvalue weighted by Crippen LogP contribution is -2.53. The van der Waals surface area contributed by atoms with E-state index in [1.807, 2.05) is 42.7 Å². The quantitative estimate of drug-likeness (QED) is 0.0142. The van der Waals surface area contributed by atoms with Crippen molar-refractivity contribution in [3.05, 3.63) is 114 Å². The Morgan fingerprint density at radius 3 is 1.52 bits per heavy atom. The van der Waals surface area contributed by atoms with Crippen molar-refractivity contribution in [1.29, 1.82) is 5.41 Å². The maximum Gasteiger partial charge on any atom is 0.260 e. The minimum Gasteiger partial charge on any atom is -0.493 e. The van der Waals surface area contributed by atoms with E-state index in [4.69, 9.17) is 81.7 Å². The monoisotopic (exact) mass is 1480 g/mol. The third-order valence-electron chi connectivity index (χ3n) is 17.7. The lowest BCUT2D eigenvalue weighted by atomic mass is 10.0. The summed E-state index contributed by atoms with van der Waals surface area (Å²) in [6, 6.07) is 17.1. The molecule has 31 nitrogen and oxygen atoms in total. The van der Waals surface area contributed by atoms with Crippen LogP contribution >= 0.6 is 0 Å². The van der Waals surface area contributed by atoms with Crippen LogP contribution in [-0.4, -0.2) is 252 Å². The van der Waals surface area contributed by atoms with Gasteiger partial charge in [-0.3, -0.25) is 53.9 Å². The fourth-order valence-corrected chi connectivity index (χ4v) is 11.9. The first kappa shape index (κ1) is 79.4. The van der Waals surface area contributed by atoms with Crippen LogP contribution < -0.4 is 49.7 Å². The number of rotatable bonds is 46. The molecule has 4 aromatic carbocycles. The number of benzene rings is 4. The molecule has 0 aromatic heterocycles. The standard InChI is InChI=1S/C76H94N10O21/c1-49(2)72(83-69(87)16-21-96-23-25-98-27-29-100-31-33-102-35-36-103-34-32-101-30-28-99-26-24-97-22-17-78-68(77)15-18-84-70(88)13-14-71(84)89)74(91)81-50(3)73(90)82-55-10-7-51(8-11-55)53-37-56-44-79-60-42-66(63(94-4)40-58(60)75(92)85(56)46-53)104-19-6-20-105-67-43-61-59(41-64(67)95-5)76(93)86-47-54(38-57(86)45-80-61)52-9-12-62-65(39-52)107-48-106-62/h7-14,39-47,49-50,56-57,72H,6,15-38,48H2,1-5H3,(H2,77,78)(H,81,91)(H,82,90)(H,83,87)/t50-,56-,57-,72?/m0/s1. The highest BCUT2D eigenvalue weighted by Gasteiger charge is 2.36. The number of fused-ring (bicyclic) bond motifs is 5. The molecule has 5 N–H and O–H groups in total. The molecule has 6 aliphatic rings. The minimum absolute atomic E-state index is 0.0128. The Morgan fingerprint density at radius 2 is 1.02 bits per heavy atom. The molecule has 31 heteroatoms. The summed E-state index contributed by atoms with van der Waals surface area (Å²) < 4.78 is 79.0. The van der Waals surface area contributed by atoms with E-state index >= 15 is 0 Å². The van der Waals surface area contributed by atoms with Crippen molar-refractivity contribution in [2.75, 3.05) is 158 Å². The lowest BCUT2D eigenvalue weighted by molar-refractivity contribution is -0.136. The second-order valence-electron chi connectivity index (χ2n) is 25.5. The third kappa shape index (κ3) is 22.7. The number of imide groups is 1. The molecule has 0 spiro atoms. The number of hydrogen-bond acceptors (Lipinski definition) is 24. The Kier molecular flexibility index (Phi) is 30.1. The highest BCUT2D eigenvalue weighted by molar-refractivity contribution is 6.13. The van der Waals surface area contributed by atoms with Gasteiger partial charge in [0.2, 0.25) is 24.5 Å². The van der Waals surface area contributed by atoms with Gasteiger partial charge in [-0.05, 0) is 71.5 Å². The Bertz CT molecular complexity index is 3920. The molecular formula is C76H94N10O21. The second kappa shape index (κ2) is 40.6. The van der Waals surface area contributed by atoms with Crippen molar-refractivity contribution in [2.24, 2.45) is 15.9 Å². The van der Waals surface area contributed by atoms with Gasteiger partial charge in [0, 0.05) is 100.0 Å². The van der Waals surface area contributed by atoms with Gasteiger partial charge in [0.15, 0.2) is 34.5 Å². The Morgan fingerprint density at radius 1 is 0.542 bits per heavy atom. The van der Waals surface area contributed by atoms with Gasteiger partial charge in [-0.25, -0.2) is 0 Å². The smallest absolute Gasteiger partial charge is 0.260 e. The van der Waals surface area contributed by atoms with Crippen molar-refractivity contribution >= 4 is 87.8 Å². The topological polar surface area (TPSA) is 355 Å². The summed E-state index contributed by atoms with van der Waals surface area (Å²) in [5.41, 5.74) is 5.77. The van der Waals surface area contributed by atoms with Gasteiger partial charge in [-0.2, -0.15) is 0 Å². The van der Waals surface area contributed by atoms with Crippen molar-refractivity contribution in [3.8, 4) is 34.5 Å². The Hall–Kier alpha value is -10.1. The summed E-state index contributed by atoms with van der Waals surface area (Å²) in [4.78, 5) is 105. The molecule has 0 saturated carbocycles. The first-order valence-corrected chi connectivity index (χ1v) is 35.8. The summed E-state index contributed by atoms with van der Waals surface area (Å²) in [6.45, 7) is 12.2. The average molecular weight is 1480 g/mol. The van der Waals surface area contributed by atoms with E-state index in [-0.39, 0.29) is 106 Å². The molecule has 0 radical (unpaired) electrons. The SMILES string of the molecule is COc1cc2c(cc1OCCCOc1cc3c(cc1OC)C(=O)N1C=C(c4ccc5c(c4)OCO5)C[C@H]1C=N3)N=C[C@@H]1CC(c3ccc(NC(=O)[C@H](C)NC(=O)C(NC(=O)CCOCCOCCOCCOCCOCCOCCOCCOCCNC(=N)CCN4C(=O)C=CC4=O)C(C)C)cc3)=CN1C2=O. The number of hydrogen-bond donors (Lipinski definition) is 5. The molecule has 4 aromatic rings. The van der Waals surface area contributed by atoms with Crippen molar-refractivity contribution in [1.82, 2.24) is 30.7 Å². The van der Waals surface area contributed by atoms with Gasteiger partial charge in [-0.15, -0.1) is 0 Å². The molecule has 0 bridgehead atoms. The van der Waals surface area contributed by atoms with Crippen LogP contribution in [0.15, 0.2) is 101 Å². The van der Waals surface area contributed by atoms with Gasteiger partial charge in [-0.1, -0.05) is 32.0 Å². The first-order valence-electron chi connectivity index (χ1n) is 35.8. The molecule has 0 aliphatic carbocycles. The lowest BCUT2D eigenvalue weighted by Gasteiger charge is -2.24. The summed E-state index contributed by atoms with van der Waals surface area (Å²) >= 11 is 0. The van der Waals surface area contributed by atoms with E-state index < -0.39 is 23.9 Å². The van der Waals surface area contributed by atoms with Crippen LogP contribution in [0.1, 0.15) is 84.7 Å². The number of nitrogens with zero attached hydrogens (tertiary/aromatic N) is 5.